The Kier molecular flexibility index (Phi) is 5.02. The van der Waals surface area contributed by atoms with Gasteiger partial charge in [-0.25, -0.2) is 4.98 Å². The van der Waals surface area contributed by atoms with Crippen LogP contribution in [0.4, 0.5) is 11.8 Å². The van der Waals surface area contributed by atoms with E-state index >= 15 is 0 Å². The summed E-state index contributed by atoms with van der Waals surface area (Å²) in [5.41, 5.74) is 2.10. The highest BCUT2D eigenvalue weighted by molar-refractivity contribution is 6.30. The maximum atomic E-state index is 6.08. The molecule has 0 aliphatic rings. The minimum atomic E-state index is 0.174. The molecule has 1 heterocycles. The Morgan fingerprint density at radius 3 is 2.71 bits per heavy atom. The average Bonchev–Trinajstić information content (AvgIpc) is 2.45. The quantitative estimate of drug-likeness (QED) is 0.904. The van der Waals surface area contributed by atoms with Gasteiger partial charge in [0.15, 0.2) is 0 Å². The molecule has 0 saturated carbocycles. The number of halogens is 1. The molecule has 1 unspecified atom stereocenters. The van der Waals surface area contributed by atoms with Gasteiger partial charge in [0.2, 0.25) is 5.95 Å². The third-order valence-electron chi connectivity index (χ3n) is 3.45. The van der Waals surface area contributed by atoms with E-state index in [0.29, 0.717) is 5.95 Å². The van der Waals surface area contributed by atoms with Crippen LogP contribution in [0.25, 0.3) is 0 Å². The van der Waals surface area contributed by atoms with Gasteiger partial charge in [-0.05, 0) is 38.5 Å². The molecule has 0 spiro atoms. The van der Waals surface area contributed by atoms with Crippen LogP contribution in [0.5, 0.6) is 0 Å². The molecule has 1 atom stereocenters. The topological polar surface area (TPSA) is 41.1 Å². The second-order valence-electron chi connectivity index (χ2n) is 5.06. The first kappa shape index (κ1) is 15.6. The fraction of sp³-hybridized carbons (Fsp3) is 0.375. The Balaban J connectivity index is 2.28. The number of rotatable bonds is 5. The van der Waals surface area contributed by atoms with Gasteiger partial charge in [0, 0.05) is 30.4 Å². The summed E-state index contributed by atoms with van der Waals surface area (Å²) in [4.78, 5) is 11.1. The van der Waals surface area contributed by atoms with Crippen LogP contribution in [-0.2, 0) is 0 Å². The van der Waals surface area contributed by atoms with Crippen molar-refractivity contribution in [3.05, 3.63) is 46.6 Å². The first-order valence-electron chi connectivity index (χ1n) is 7.09. The fourth-order valence-corrected chi connectivity index (χ4v) is 2.36. The molecule has 0 amide bonds. The Bertz CT molecular complexity index is 615. The maximum Gasteiger partial charge on any atom is 0.224 e. The van der Waals surface area contributed by atoms with Crippen molar-refractivity contribution < 1.29 is 0 Å². The second kappa shape index (κ2) is 6.76. The normalized spacial score (nSPS) is 12.0. The van der Waals surface area contributed by atoms with Crippen molar-refractivity contribution in [1.82, 2.24) is 9.97 Å². The third-order valence-corrected chi connectivity index (χ3v) is 3.68. The molecule has 2 aromatic rings. The van der Waals surface area contributed by atoms with Crippen molar-refractivity contribution in [2.75, 3.05) is 23.8 Å². The molecule has 0 aliphatic carbocycles. The number of hydrogen-bond donors (Lipinski definition) is 1. The van der Waals surface area contributed by atoms with Crippen molar-refractivity contribution in [2.45, 2.75) is 26.8 Å². The Morgan fingerprint density at radius 1 is 1.29 bits per heavy atom. The van der Waals surface area contributed by atoms with Crippen molar-refractivity contribution in [1.29, 1.82) is 0 Å². The van der Waals surface area contributed by atoms with E-state index in [0.717, 1.165) is 28.6 Å². The van der Waals surface area contributed by atoms with Gasteiger partial charge in [0.05, 0.1) is 6.04 Å². The number of nitrogens with zero attached hydrogens (tertiary/aromatic N) is 3. The minimum Gasteiger partial charge on any atom is -0.354 e. The second-order valence-corrected chi connectivity index (χ2v) is 5.50. The number of aromatic nitrogens is 2. The van der Waals surface area contributed by atoms with Crippen LogP contribution < -0.4 is 10.2 Å². The molecule has 4 nitrogen and oxygen atoms in total. The molecular weight excluding hydrogens is 284 g/mol. The predicted octanol–water partition coefficient (Wildman–Crippen LogP) is 4.07. The van der Waals surface area contributed by atoms with Crippen molar-refractivity contribution in [3.63, 3.8) is 0 Å². The van der Waals surface area contributed by atoms with Crippen molar-refractivity contribution in [3.8, 4) is 0 Å². The highest BCUT2D eigenvalue weighted by atomic mass is 35.5. The van der Waals surface area contributed by atoms with Crippen LogP contribution in [0.15, 0.2) is 30.3 Å². The zero-order chi connectivity index (χ0) is 15.4. The Labute approximate surface area is 131 Å². The predicted molar refractivity (Wildman–Crippen MR) is 89.2 cm³/mol. The molecule has 21 heavy (non-hydrogen) atoms. The monoisotopic (exact) mass is 304 g/mol. The van der Waals surface area contributed by atoms with Crippen LogP contribution in [0.2, 0.25) is 5.02 Å². The zero-order valence-electron chi connectivity index (χ0n) is 12.9. The van der Waals surface area contributed by atoms with Crippen molar-refractivity contribution >= 4 is 23.4 Å². The van der Waals surface area contributed by atoms with Gasteiger partial charge in [-0.3, -0.25) is 0 Å². The van der Waals surface area contributed by atoms with E-state index in [2.05, 4.69) is 33.2 Å². The first-order chi connectivity index (χ1) is 10.0. The summed E-state index contributed by atoms with van der Waals surface area (Å²) >= 11 is 6.08. The molecule has 1 aromatic heterocycles. The number of nitrogens with one attached hydrogen (secondary N) is 1. The fourth-order valence-electron chi connectivity index (χ4n) is 2.16. The van der Waals surface area contributed by atoms with E-state index < -0.39 is 0 Å². The molecule has 0 aliphatic heterocycles. The number of hydrogen-bond acceptors (Lipinski definition) is 4. The summed E-state index contributed by atoms with van der Waals surface area (Å²) in [7, 11) is 2.03. The lowest BCUT2D eigenvalue weighted by Crippen LogP contribution is -2.23. The Hall–Kier alpha value is -1.81. The van der Waals surface area contributed by atoms with Crippen LogP contribution in [0.1, 0.15) is 31.1 Å². The van der Waals surface area contributed by atoms with Gasteiger partial charge < -0.3 is 10.2 Å². The lowest BCUT2D eigenvalue weighted by Gasteiger charge is -2.27. The van der Waals surface area contributed by atoms with Gasteiger partial charge >= 0.3 is 0 Å². The van der Waals surface area contributed by atoms with Gasteiger partial charge in [-0.2, -0.15) is 4.98 Å². The highest BCUT2D eigenvalue weighted by Gasteiger charge is 2.15. The van der Waals surface area contributed by atoms with E-state index in [-0.39, 0.29) is 6.04 Å². The van der Waals surface area contributed by atoms with E-state index in [1.807, 2.05) is 45.2 Å². The van der Waals surface area contributed by atoms with E-state index in [1.165, 1.54) is 0 Å². The maximum absolute atomic E-state index is 6.08. The van der Waals surface area contributed by atoms with Gasteiger partial charge in [-0.15, -0.1) is 0 Å². The zero-order valence-corrected chi connectivity index (χ0v) is 13.6. The minimum absolute atomic E-state index is 0.174. The van der Waals surface area contributed by atoms with Gasteiger partial charge in [0.25, 0.3) is 0 Å². The van der Waals surface area contributed by atoms with Crippen LogP contribution in [0.3, 0.4) is 0 Å². The van der Waals surface area contributed by atoms with Crippen LogP contribution in [0, 0.1) is 6.92 Å². The van der Waals surface area contributed by atoms with E-state index in [1.54, 1.807) is 0 Å². The standard InChI is InChI=1S/C16H21ClN4/c1-5-18-16-19-11(2)9-15(20-16)21(4)12(3)13-7-6-8-14(17)10-13/h6-10,12H,5H2,1-4H3,(H,18,19,20). The lowest BCUT2D eigenvalue weighted by atomic mass is 10.1. The summed E-state index contributed by atoms with van der Waals surface area (Å²) in [5, 5.41) is 3.91. The summed E-state index contributed by atoms with van der Waals surface area (Å²) in [6.07, 6.45) is 0. The molecule has 112 valence electrons. The number of benzene rings is 1. The summed E-state index contributed by atoms with van der Waals surface area (Å²) in [5.74, 6) is 1.56. The van der Waals surface area contributed by atoms with Gasteiger partial charge in [0.1, 0.15) is 5.82 Å². The molecule has 0 fully saturated rings. The van der Waals surface area contributed by atoms with Crippen molar-refractivity contribution in [2.24, 2.45) is 0 Å². The van der Waals surface area contributed by atoms with Gasteiger partial charge in [-0.1, -0.05) is 23.7 Å². The first-order valence-corrected chi connectivity index (χ1v) is 7.47. The molecule has 0 saturated heterocycles. The Morgan fingerprint density at radius 2 is 2.05 bits per heavy atom. The van der Waals surface area contributed by atoms with E-state index in [9.17, 15) is 0 Å². The molecule has 5 heteroatoms. The summed E-state index contributed by atoms with van der Waals surface area (Å²) < 4.78 is 0. The summed E-state index contributed by atoms with van der Waals surface area (Å²) in [6.45, 7) is 6.94. The summed E-state index contributed by atoms with van der Waals surface area (Å²) in [6, 6.07) is 10.1. The number of anilines is 2. The van der Waals surface area contributed by atoms with Crippen LogP contribution >= 0.6 is 11.6 Å². The largest absolute Gasteiger partial charge is 0.354 e. The smallest absolute Gasteiger partial charge is 0.224 e. The molecule has 1 N–H and O–H groups in total. The van der Waals surface area contributed by atoms with Crippen LogP contribution in [-0.4, -0.2) is 23.6 Å². The SMILES string of the molecule is CCNc1nc(C)cc(N(C)C(C)c2cccc(Cl)c2)n1. The molecule has 0 bridgehead atoms. The molecular formula is C16H21ClN4. The average molecular weight is 305 g/mol. The third kappa shape index (κ3) is 3.85. The molecule has 1 aromatic carbocycles. The lowest BCUT2D eigenvalue weighted by molar-refractivity contribution is 0.726. The molecule has 0 radical (unpaired) electrons. The highest BCUT2D eigenvalue weighted by Crippen LogP contribution is 2.26. The molecule has 2 rings (SSSR count). The number of aryl methyl sites for hydroxylation is 1. The van der Waals surface area contributed by atoms with E-state index in [4.69, 9.17) is 11.6 Å².